The van der Waals surface area contributed by atoms with E-state index in [0.717, 1.165) is 0 Å². The number of likely N-dealkylation sites (N-methyl/N-ethyl adjacent to an activating group) is 1. The maximum atomic E-state index is 11.8. The Morgan fingerprint density at radius 3 is 1.07 bits per heavy atom. The van der Waals surface area contributed by atoms with E-state index >= 15 is 0 Å². The molecule has 0 saturated carbocycles. The predicted octanol–water partition coefficient (Wildman–Crippen LogP) is 2.16. The predicted molar refractivity (Wildman–Crippen MR) is 152 cm³/mol. The molecule has 0 heterocycles. The van der Waals surface area contributed by atoms with Crippen LogP contribution in [0.1, 0.15) is 20.8 Å². The highest BCUT2D eigenvalue weighted by Gasteiger charge is 2.19. The topological polar surface area (TPSA) is 122 Å². The van der Waals surface area contributed by atoms with Gasteiger partial charge in [0.25, 0.3) is 0 Å². The molecule has 0 N–H and O–H groups in total. The quantitative estimate of drug-likeness (QED) is 0.0860. The van der Waals surface area contributed by atoms with E-state index in [9.17, 15) is 4.79 Å². The first-order valence-electron chi connectivity index (χ1n) is 14.2. The zero-order chi connectivity index (χ0) is 30.3. The van der Waals surface area contributed by atoms with Gasteiger partial charge in [-0.25, -0.2) is 4.79 Å². The molecule has 0 bridgehead atoms. The molecule has 0 rings (SSSR count). The van der Waals surface area contributed by atoms with Gasteiger partial charge in [0.1, 0.15) is 12.2 Å². The summed E-state index contributed by atoms with van der Waals surface area (Å²) in [5.41, 5.74) is -0.507. The normalized spacial score (nSPS) is 11.5. The largest absolute Gasteiger partial charge is 0.499 e. The minimum atomic E-state index is -0.507. The summed E-state index contributed by atoms with van der Waals surface area (Å²) in [4.78, 5) is 13.3. The van der Waals surface area contributed by atoms with Crippen LogP contribution in [0.15, 0.2) is 12.8 Å². The molecule has 0 unspecified atom stereocenters. The summed E-state index contributed by atoms with van der Waals surface area (Å²) in [6, 6.07) is 0. The van der Waals surface area contributed by atoms with Gasteiger partial charge in [-0.05, 0) is 20.8 Å². The van der Waals surface area contributed by atoms with E-state index in [2.05, 4.69) is 6.58 Å². The van der Waals surface area contributed by atoms with Crippen LogP contribution in [0, 0.1) is 0 Å². The third-order valence-electron chi connectivity index (χ3n) is 4.72. The molecule has 13 heteroatoms. The third kappa shape index (κ3) is 32.8. The molecule has 0 aliphatic rings. The molecule has 0 aromatic carbocycles. The summed E-state index contributed by atoms with van der Waals surface area (Å²) in [6.07, 6.45) is 1.03. The first-order valence-corrected chi connectivity index (χ1v) is 14.2. The maximum absolute atomic E-state index is 11.8. The molecule has 1 amide bonds. The highest BCUT2D eigenvalue weighted by molar-refractivity contribution is 5.67. The van der Waals surface area contributed by atoms with Crippen LogP contribution < -0.4 is 0 Å². The van der Waals surface area contributed by atoms with E-state index < -0.39 is 5.60 Å². The Morgan fingerprint density at radius 1 is 0.537 bits per heavy atom. The minimum absolute atomic E-state index is 0.363. The Hall–Kier alpha value is -1.55. The van der Waals surface area contributed by atoms with E-state index in [-0.39, 0.29) is 6.09 Å². The zero-order valence-corrected chi connectivity index (χ0v) is 25.8. The number of amides is 1. The van der Waals surface area contributed by atoms with Gasteiger partial charge >= 0.3 is 6.09 Å². The Bertz CT molecular complexity index is 577. The first-order chi connectivity index (χ1) is 19.9. The van der Waals surface area contributed by atoms with Crippen LogP contribution in [0.4, 0.5) is 4.79 Å². The molecular formula is C28H55NO12. The fraction of sp³-hybridized carbons (Fsp3) is 0.893. The van der Waals surface area contributed by atoms with Crippen molar-refractivity contribution in [2.75, 3.05) is 139 Å². The second kappa shape index (κ2) is 29.9. The molecule has 0 radical (unpaired) electrons. The van der Waals surface area contributed by atoms with Gasteiger partial charge in [-0.1, -0.05) is 6.58 Å². The number of hydrogen-bond acceptors (Lipinski definition) is 12. The molecule has 0 aromatic rings. The third-order valence-corrected chi connectivity index (χ3v) is 4.72. The Labute approximate surface area is 246 Å². The molecule has 0 atom stereocenters. The van der Waals surface area contributed by atoms with Gasteiger partial charge in [-0.2, -0.15) is 0 Å². The van der Waals surface area contributed by atoms with Crippen molar-refractivity contribution in [3.05, 3.63) is 12.8 Å². The van der Waals surface area contributed by atoms with Gasteiger partial charge in [-0.15, -0.1) is 0 Å². The lowest BCUT2D eigenvalue weighted by molar-refractivity contribution is -0.0259. The molecule has 0 aliphatic carbocycles. The Balaban J connectivity index is 3.15. The van der Waals surface area contributed by atoms with E-state index in [4.69, 9.17) is 52.1 Å². The van der Waals surface area contributed by atoms with Crippen LogP contribution >= 0.6 is 0 Å². The number of rotatable bonds is 31. The lowest BCUT2D eigenvalue weighted by Gasteiger charge is -2.24. The average molecular weight is 598 g/mol. The summed E-state index contributed by atoms with van der Waals surface area (Å²) < 4.78 is 59.1. The standard InChI is InChI=1S/C28H55NO12/c1-6-31-9-10-33-13-14-35-17-18-37-21-22-39-25-26-40-24-23-38-20-19-36-16-15-34-12-11-32-8-7-29(5)27(30)41-28(2,3)4/h6H,1,7-26H2,2-5H3. The van der Waals surface area contributed by atoms with Crippen LogP contribution in [0.25, 0.3) is 0 Å². The molecular weight excluding hydrogens is 542 g/mol. The number of ether oxygens (including phenoxy) is 11. The van der Waals surface area contributed by atoms with E-state index in [1.165, 1.54) is 11.2 Å². The lowest BCUT2D eigenvalue weighted by Crippen LogP contribution is -2.36. The summed E-state index contributed by atoms with van der Waals surface area (Å²) >= 11 is 0. The summed E-state index contributed by atoms with van der Waals surface area (Å²) in [7, 11) is 1.68. The minimum Gasteiger partial charge on any atom is -0.499 e. The van der Waals surface area contributed by atoms with Crippen LogP contribution in [0.3, 0.4) is 0 Å². The Kier molecular flexibility index (Phi) is 28.8. The van der Waals surface area contributed by atoms with Crippen molar-refractivity contribution in [3.63, 3.8) is 0 Å². The van der Waals surface area contributed by atoms with E-state index in [1.54, 1.807) is 7.05 Å². The van der Waals surface area contributed by atoms with Gasteiger partial charge < -0.3 is 57.0 Å². The molecule has 0 aromatic heterocycles. The summed E-state index contributed by atoms with van der Waals surface area (Å²) in [5, 5.41) is 0. The molecule has 0 saturated heterocycles. The van der Waals surface area contributed by atoms with Crippen molar-refractivity contribution >= 4 is 6.09 Å². The fourth-order valence-electron chi connectivity index (χ4n) is 2.68. The smallest absolute Gasteiger partial charge is 0.410 e. The van der Waals surface area contributed by atoms with Gasteiger partial charge in [-0.3, -0.25) is 0 Å². The number of carbonyl (C=O) groups is 1. The second-order valence-electron chi connectivity index (χ2n) is 9.45. The molecule has 13 nitrogen and oxygen atoms in total. The summed E-state index contributed by atoms with van der Waals surface area (Å²) in [6.45, 7) is 18.8. The van der Waals surface area contributed by atoms with Gasteiger partial charge in [0.15, 0.2) is 0 Å². The van der Waals surface area contributed by atoms with Crippen molar-refractivity contribution in [1.82, 2.24) is 4.90 Å². The molecule has 0 fully saturated rings. The number of carbonyl (C=O) groups excluding carboxylic acids is 1. The van der Waals surface area contributed by atoms with Crippen LogP contribution in [-0.4, -0.2) is 156 Å². The molecule has 0 aliphatic heterocycles. The van der Waals surface area contributed by atoms with Crippen molar-refractivity contribution in [3.8, 4) is 0 Å². The average Bonchev–Trinajstić information content (AvgIpc) is 2.93. The van der Waals surface area contributed by atoms with E-state index in [1.807, 2.05) is 20.8 Å². The monoisotopic (exact) mass is 597 g/mol. The Morgan fingerprint density at radius 2 is 0.805 bits per heavy atom. The SMILES string of the molecule is C=COCCOCCOCCOCCOCCOCCOCCOCCOCCOCCN(C)C(=O)OC(C)(C)C. The maximum Gasteiger partial charge on any atom is 0.410 e. The lowest BCUT2D eigenvalue weighted by atomic mass is 10.2. The van der Waals surface area contributed by atoms with E-state index in [0.29, 0.717) is 132 Å². The number of hydrogen-bond donors (Lipinski definition) is 0. The fourth-order valence-corrected chi connectivity index (χ4v) is 2.68. The van der Waals surface area contributed by atoms with Gasteiger partial charge in [0.05, 0.1) is 125 Å². The van der Waals surface area contributed by atoms with Gasteiger partial charge in [0, 0.05) is 13.6 Å². The van der Waals surface area contributed by atoms with Crippen LogP contribution in [-0.2, 0) is 52.1 Å². The second-order valence-corrected chi connectivity index (χ2v) is 9.45. The highest BCUT2D eigenvalue weighted by atomic mass is 16.6. The zero-order valence-electron chi connectivity index (χ0n) is 25.8. The number of nitrogens with zero attached hydrogens (tertiary/aromatic N) is 1. The summed E-state index contributed by atoms with van der Waals surface area (Å²) in [5.74, 6) is 0. The molecule has 0 spiro atoms. The van der Waals surface area contributed by atoms with Crippen molar-refractivity contribution in [2.45, 2.75) is 26.4 Å². The van der Waals surface area contributed by atoms with Crippen LogP contribution in [0.2, 0.25) is 0 Å². The highest BCUT2D eigenvalue weighted by Crippen LogP contribution is 2.08. The molecule has 244 valence electrons. The van der Waals surface area contributed by atoms with Gasteiger partial charge in [0.2, 0.25) is 0 Å². The first kappa shape index (κ1) is 39.5. The molecule has 41 heavy (non-hydrogen) atoms. The van der Waals surface area contributed by atoms with Crippen LogP contribution in [0.5, 0.6) is 0 Å². The van der Waals surface area contributed by atoms with Crippen molar-refractivity contribution in [2.24, 2.45) is 0 Å². The van der Waals surface area contributed by atoms with Crippen molar-refractivity contribution < 1.29 is 56.9 Å². The van der Waals surface area contributed by atoms with Crippen molar-refractivity contribution in [1.29, 1.82) is 0 Å².